The summed E-state index contributed by atoms with van der Waals surface area (Å²) in [5, 5.41) is 15.7. The van der Waals surface area contributed by atoms with Crippen LogP contribution < -0.4 is 5.14 Å². The molecule has 0 aliphatic carbocycles. The third kappa shape index (κ3) is 2.82. The van der Waals surface area contributed by atoms with Crippen LogP contribution in [0.5, 0.6) is 0 Å². The lowest BCUT2D eigenvalue weighted by Gasteiger charge is -2.11. The summed E-state index contributed by atoms with van der Waals surface area (Å²) >= 11 is 0. The fraction of sp³-hybridized carbons (Fsp3) is 0.250. The van der Waals surface area contributed by atoms with Crippen molar-refractivity contribution in [1.82, 2.24) is 0 Å². The number of hydrogen-bond acceptors (Lipinski definition) is 4. The zero-order valence-corrected chi connectivity index (χ0v) is 10.4. The second-order valence-corrected chi connectivity index (χ2v) is 6.23. The highest BCUT2D eigenvalue weighted by Gasteiger charge is 2.23. The molecule has 1 aromatic rings. The molecule has 0 fully saturated rings. The van der Waals surface area contributed by atoms with E-state index in [4.69, 9.17) is 9.69 Å². The molecule has 0 bridgehead atoms. The van der Waals surface area contributed by atoms with E-state index in [0.29, 0.717) is 0 Å². The van der Waals surface area contributed by atoms with Crippen molar-refractivity contribution in [2.24, 2.45) is 5.14 Å². The lowest BCUT2D eigenvalue weighted by Crippen LogP contribution is -2.18. The summed E-state index contributed by atoms with van der Waals surface area (Å²) in [6.45, 7) is 0.292. The van der Waals surface area contributed by atoms with Gasteiger partial charge in [-0.05, 0) is 18.6 Å². The first kappa shape index (κ1) is 14.1. The minimum absolute atomic E-state index is 0.141. The van der Waals surface area contributed by atoms with E-state index in [-0.39, 0.29) is 11.1 Å². The molecule has 1 aromatic carbocycles. The zero-order chi connectivity index (χ0) is 13.4. The van der Waals surface area contributed by atoms with Gasteiger partial charge in [0.25, 0.3) is 10.1 Å². The molecule has 0 aromatic heterocycles. The monoisotopic (exact) mass is 280 g/mol. The topological polar surface area (TPSA) is 134 Å². The average Bonchev–Trinajstić information content (AvgIpc) is 2.12. The lowest BCUT2D eigenvalue weighted by molar-refractivity contribution is 0.175. The summed E-state index contributed by atoms with van der Waals surface area (Å²) in [6.07, 6.45) is 0. The van der Waals surface area contributed by atoms with E-state index in [1.54, 1.807) is 0 Å². The van der Waals surface area contributed by atoms with Gasteiger partial charge < -0.3 is 0 Å². The molecule has 0 unspecified atom stereocenters. The summed E-state index contributed by atoms with van der Waals surface area (Å²) in [5.74, 6) is 0. The maximum Gasteiger partial charge on any atom is 0.294 e. The van der Waals surface area contributed by atoms with Crippen molar-refractivity contribution >= 4 is 20.1 Å². The fourth-order valence-electron chi connectivity index (χ4n) is 1.52. The molecule has 3 N–H and O–H groups in total. The van der Waals surface area contributed by atoms with Crippen molar-refractivity contribution in [2.75, 3.05) is 0 Å². The van der Waals surface area contributed by atoms with Gasteiger partial charge in [-0.15, -0.1) is 0 Å². The fourth-order valence-corrected chi connectivity index (χ4v) is 3.34. The average molecular weight is 280 g/mol. The summed E-state index contributed by atoms with van der Waals surface area (Å²) in [5.41, 5.74) is -0.402. The van der Waals surface area contributed by atoms with Crippen molar-refractivity contribution in [3.8, 4) is 0 Å². The first-order valence-corrected chi connectivity index (χ1v) is 7.28. The van der Waals surface area contributed by atoms with Gasteiger partial charge in [-0.1, -0.05) is 6.07 Å². The largest absolute Gasteiger partial charge is 0.294 e. The Morgan fingerprint density at radius 1 is 1.24 bits per heavy atom. The highest BCUT2D eigenvalue weighted by molar-refractivity contribution is 7.89. The van der Waals surface area contributed by atoms with Gasteiger partial charge in [-0.3, -0.25) is 4.55 Å². The summed E-state index contributed by atoms with van der Waals surface area (Å²) < 4.78 is 53.4. The molecule has 0 heterocycles. The molecule has 7 nitrogen and oxygen atoms in total. The van der Waals surface area contributed by atoms with E-state index in [1.807, 2.05) is 0 Å². The number of benzene rings is 1. The Morgan fingerprint density at radius 3 is 2.12 bits per heavy atom. The van der Waals surface area contributed by atoms with Crippen molar-refractivity contribution in [2.45, 2.75) is 23.3 Å². The Balaban J connectivity index is 3.80. The minimum atomic E-state index is -4.56. The Labute approximate surface area is 98.7 Å². The first-order valence-electron chi connectivity index (χ1n) is 4.30. The molecule has 0 saturated heterocycles. The van der Waals surface area contributed by atoms with Gasteiger partial charge in [0.15, 0.2) is 0 Å². The Hall–Kier alpha value is -1.00. The smallest absolute Gasteiger partial charge is 0.282 e. The van der Waals surface area contributed by atoms with Gasteiger partial charge in [-0.2, -0.15) is 8.42 Å². The van der Waals surface area contributed by atoms with E-state index in [9.17, 15) is 21.9 Å². The summed E-state index contributed by atoms with van der Waals surface area (Å²) in [6, 6.07) is 1.98. The van der Waals surface area contributed by atoms with Crippen LogP contribution in [0.4, 0.5) is 0 Å². The SMILES string of the molecule is Cc1c(S(=O)(=O)O)ccc(C[O])c1S(N)(=O)=O. The van der Waals surface area contributed by atoms with Gasteiger partial charge in [-0.25, -0.2) is 18.7 Å². The van der Waals surface area contributed by atoms with Crippen LogP contribution >= 0.6 is 0 Å². The third-order valence-corrected chi connectivity index (χ3v) is 4.29. The van der Waals surface area contributed by atoms with Gasteiger partial charge in [0.05, 0.1) is 9.79 Å². The molecule has 1 radical (unpaired) electrons. The molecule has 0 saturated carbocycles. The molecule has 17 heavy (non-hydrogen) atoms. The molecule has 0 aliphatic rings. The third-order valence-electron chi connectivity index (χ3n) is 2.16. The number of nitrogens with two attached hydrogens (primary N) is 1. The molecule has 0 aliphatic heterocycles. The summed E-state index contributed by atoms with van der Waals surface area (Å²) in [4.78, 5) is -1.14. The van der Waals surface area contributed by atoms with Crippen LogP contribution in [0.15, 0.2) is 21.9 Å². The van der Waals surface area contributed by atoms with Crippen molar-refractivity contribution in [3.05, 3.63) is 23.3 Å². The molecule has 9 heteroatoms. The van der Waals surface area contributed by atoms with Crippen molar-refractivity contribution in [1.29, 1.82) is 0 Å². The normalized spacial score (nSPS) is 12.7. The first-order chi connectivity index (χ1) is 7.59. The molecule has 1 rings (SSSR count). The minimum Gasteiger partial charge on any atom is -0.282 e. The van der Waals surface area contributed by atoms with Gasteiger partial charge in [0.2, 0.25) is 10.0 Å². The van der Waals surface area contributed by atoms with Gasteiger partial charge in [0.1, 0.15) is 6.61 Å². The highest BCUT2D eigenvalue weighted by Crippen LogP contribution is 2.25. The van der Waals surface area contributed by atoms with E-state index >= 15 is 0 Å². The van der Waals surface area contributed by atoms with Gasteiger partial charge >= 0.3 is 0 Å². The second kappa shape index (κ2) is 4.35. The Kier molecular flexibility index (Phi) is 3.60. The lowest BCUT2D eigenvalue weighted by atomic mass is 10.1. The number of rotatable bonds is 3. The second-order valence-electron chi connectivity index (χ2n) is 3.34. The van der Waals surface area contributed by atoms with Crippen LogP contribution in [0.25, 0.3) is 0 Å². The quantitative estimate of drug-likeness (QED) is 0.740. The maximum absolute atomic E-state index is 11.3. The molecule has 0 atom stereocenters. The molecule has 0 amide bonds. The van der Waals surface area contributed by atoms with Crippen molar-refractivity contribution in [3.63, 3.8) is 0 Å². The van der Waals surface area contributed by atoms with E-state index in [2.05, 4.69) is 0 Å². The highest BCUT2D eigenvalue weighted by atomic mass is 32.2. The molecular weight excluding hydrogens is 270 g/mol. The van der Waals surface area contributed by atoms with Crippen LogP contribution in [-0.4, -0.2) is 21.4 Å². The van der Waals surface area contributed by atoms with E-state index < -0.39 is 36.5 Å². The Morgan fingerprint density at radius 2 is 1.76 bits per heavy atom. The standard InChI is InChI=1S/C8H10NO6S2/c1-5-7(17(13,14)15)3-2-6(4-10)8(5)16(9,11)12/h2-3H,4H2,1H3,(H2,9,11,12)(H,13,14,15). The van der Waals surface area contributed by atoms with E-state index in [0.717, 1.165) is 19.1 Å². The van der Waals surface area contributed by atoms with E-state index in [1.165, 1.54) is 0 Å². The maximum atomic E-state index is 11.3. The number of sulfonamides is 1. The van der Waals surface area contributed by atoms with Crippen LogP contribution in [0.2, 0.25) is 0 Å². The number of primary sulfonamides is 1. The van der Waals surface area contributed by atoms with Crippen LogP contribution in [-0.2, 0) is 31.9 Å². The van der Waals surface area contributed by atoms with Crippen LogP contribution in [0.3, 0.4) is 0 Å². The Bertz CT molecular complexity index is 647. The van der Waals surface area contributed by atoms with Crippen LogP contribution in [0.1, 0.15) is 11.1 Å². The molecular formula is C8H10NO6S2. The summed E-state index contributed by atoms with van der Waals surface area (Å²) in [7, 11) is -8.80. The molecule has 0 spiro atoms. The molecule has 95 valence electrons. The predicted octanol–water partition coefficient (Wildman–Crippen LogP) is -0.180. The van der Waals surface area contributed by atoms with Crippen molar-refractivity contribution < 1.29 is 26.5 Å². The zero-order valence-electron chi connectivity index (χ0n) is 8.74. The number of hydrogen-bond donors (Lipinski definition) is 2. The predicted molar refractivity (Wildman–Crippen MR) is 56.8 cm³/mol. The van der Waals surface area contributed by atoms with Gasteiger partial charge in [0, 0.05) is 5.56 Å². The van der Waals surface area contributed by atoms with Crippen LogP contribution in [0, 0.1) is 6.92 Å².